The minimum absolute atomic E-state index is 0.102. The van der Waals surface area contributed by atoms with Crippen LogP contribution in [-0.4, -0.2) is 18.7 Å². The molecule has 0 unspecified atom stereocenters. The van der Waals surface area contributed by atoms with Crippen LogP contribution in [0.5, 0.6) is 0 Å². The number of aryl methyl sites for hydroxylation is 1. The number of benzene rings is 3. The number of fused-ring (bicyclic) bond motifs is 1. The summed E-state index contributed by atoms with van der Waals surface area (Å²) in [7, 11) is 3.80. The van der Waals surface area contributed by atoms with Crippen molar-refractivity contribution in [3.05, 3.63) is 136 Å². The van der Waals surface area contributed by atoms with Crippen molar-refractivity contribution in [1.82, 2.24) is 0 Å². The molecule has 0 fully saturated rings. The molecule has 0 saturated carbocycles. The number of Topliss-reactive ketones (excluding diaryl/α,β-unsaturated/α-hetero) is 1. The van der Waals surface area contributed by atoms with Crippen LogP contribution in [0.15, 0.2) is 124 Å². The van der Waals surface area contributed by atoms with E-state index in [1.54, 1.807) is 10.6 Å². The maximum atomic E-state index is 13.6. The number of allylic oxidation sites excluding steroid dienone is 6. The molecule has 6 rings (SSSR count). The first-order chi connectivity index (χ1) is 20.2. The number of oxazole rings is 1. The molecule has 0 spiro atoms. The molecule has 4 aromatic rings. The predicted molar refractivity (Wildman–Crippen MR) is 164 cm³/mol. The number of carbonyl (C=O) groups is 1. The summed E-state index contributed by atoms with van der Waals surface area (Å²) in [4.78, 5) is 15.6. The fraction of sp³-hybridized carbons (Fsp3) is 0.139. The number of hydrogen-bond donors (Lipinski definition) is 0. The largest absolute Gasteiger partial charge is 0.762 e. The van der Waals surface area contributed by atoms with Crippen LogP contribution in [-0.2, 0) is 17.3 Å². The van der Waals surface area contributed by atoms with Crippen molar-refractivity contribution >= 4 is 23.4 Å². The Morgan fingerprint density at radius 1 is 0.952 bits per heavy atom. The van der Waals surface area contributed by atoms with E-state index in [2.05, 4.69) is 36.9 Å². The molecular formula is C36H28N4O2. The Morgan fingerprint density at radius 3 is 2.26 bits per heavy atom. The van der Waals surface area contributed by atoms with Crippen LogP contribution in [0.3, 0.4) is 0 Å². The van der Waals surface area contributed by atoms with Gasteiger partial charge in [0.2, 0.25) is 12.0 Å². The van der Waals surface area contributed by atoms with Gasteiger partial charge in [0.25, 0.3) is 0 Å². The lowest BCUT2D eigenvalue weighted by Gasteiger charge is -2.28. The molecule has 6 heteroatoms. The quantitative estimate of drug-likeness (QED) is 0.120. The molecule has 3 aromatic carbocycles. The molecule has 1 aliphatic heterocycles. The van der Waals surface area contributed by atoms with Gasteiger partial charge < -0.3 is 14.7 Å². The van der Waals surface area contributed by atoms with E-state index in [-0.39, 0.29) is 22.3 Å². The Kier molecular flexibility index (Phi) is 6.46. The van der Waals surface area contributed by atoms with Crippen molar-refractivity contribution in [3.63, 3.8) is 0 Å². The van der Waals surface area contributed by atoms with Crippen molar-refractivity contribution in [2.24, 2.45) is 7.05 Å². The Hall–Kier alpha value is -5.50. The number of hydrogen-bond acceptors (Lipinski definition) is 4. The monoisotopic (exact) mass is 548 g/mol. The highest BCUT2D eigenvalue weighted by Gasteiger charge is 2.42. The first-order valence-corrected chi connectivity index (χ1v) is 13.6. The fourth-order valence-electron chi connectivity index (χ4n) is 5.83. The van der Waals surface area contributed by atoms with Gasteiger partial charge in [-0.1, -0.05) is 86.6 Å². The van der Waals surface area contributed by atoms with Crippen molar-refractivity contribution < 1.29 is 13.8 Å². The van der Waals surface area contributed by atoms with Crippen molar-refractivity contribution in [1.29, 1.82) is 5.26 Å². The normalized spacial score (nSPS) is 17.2. The van der Waals surface area contributed by atoms with E-state index in [9.17, 15) is 15.5 Å². The van der Waals surface area contributed by atoms with Crippen LogP contribution in [0, 0.1) is 11.3 Å². The molecule has 0 radical (unpaired) electrons. The molecule has 1 aromatic heterocycles. The Labute approximate surface area is 245 Å². The van der Waals surface area contributed by atoms with Gasteiger partial charge >= 0.3 is 5.89 Å². The number of nitriles is 1. The number of anilines is 1. The van der Waals surface area contributed by atoms with Gasteiger partial charge in [0.05, 0.1) is 11.6 Å². The molecule has 2 aliphatic rings. The van der Waals surface area contributed by atoms with Crippen molar-refractivity contribution in [2.45, 2.75) is 19.3 Å². The third-order valence-electron chi connectivity index (χ3n) is 8.14. The predicted octanol–water partition coefficient (Wildman–Crippen LogP) is 6.70. The van der Waals surface area contributed by atoms with Gasteiger partial charge in [-0.2, -0.15) is 9.83 Å². The van der Waals surface area contributed by atoms with Crippen LogP contribution in [0.4, 0.5) is 5.69 Å². The summed E-state index contributed by atoms with van der Waals surface area (Å²) in [5, 5.41) is 19.6. The fourth-order valence-corrected chi connectivity index (χ4v) is 5.83. The van der Waals surface area contributed by atoms with E-state index in [4.69, 9.17) is 4.42 Å². The second-order valence-corrected chi connectivity index (χ2v) is 11.0. The molecule has 0 amide bonds. The zero-order valence-electron chi connectivity index (χ0n) is 23.8. The van der Waals surface area contributed by atoms with Gasteiger partial charge in [0.1, 0.15) is 13.1 Å². The van der Waals surface area contributed by atoms with E-state index < -0.39 is 0 Å². The van der Waals surface area contributed by atoms with Crippen LogP contribution in [0.25, 0.3) is 33.9 Å². The highest BCUT2D eigenvalue weighted by molar-refractivity contribution is 6.26. The molecule has 1 aliphatic carbocycles. The summed E-state index contributed by atoms with van der Waals surface area (Å²) in [6.07, 6.45) is 5.30. The zero-order valence-corrected chi connectivity index (χ0v) is 23.8. The van der Waals surface area contributed by atoms with E-state index >= 15 is 0 Å². The van der Waals surface area contributed by atoms with Gasteiger partial charge in [-0.15, -0.1) is 0 Å². The van der Waals surface area contributed by atoms with Crippen LogP contribution in [0.1, 0.15) is 25.3 Å². The minimum atomic E-state index is -0.360. The molecule has 6 nitrogen and oxygen atoms in total. The zero-order chi connectivity index (χ0) is 29.6. The number of nitrogens with zero attached hydrogens (tertiary/aromatic N) is 4. The van der Waals surface area contributed by atoms with Gasteiger partial charge in [-0.05, 0) is 28.8 Å². The molecule has 42 heavy (non-hydrogen) atoms. The molecular weight excluding hydrogens is 520 g/mol. The molecule has 204 valence electrons. The molecule has 0 N–H and O–H groups in total. The van der Waals surface area contributed by atoms with Gasteiger partial charge in [-0.3, -0.25) is 4.79 Å². The second-order valence-electron chi connectivity index (χ2n) is 11.0. The maximum Gasteiger partial charge on any atom is 0.374 e. The van der Waals surface area contributed by atoms with Gasteiger partial charge in [0, 0.05) is 46.1 Å². The Balaban J connectivity index is 1.38. The number of carbonyl (C=O) groups excluding carboxylic acids is 1. The first-order valence-electron chi connectivity index (χ1n) is 13.6. The van der Waals surface area contributed by atoms with E-state index in [0.717, 1.165) is 33.6 Å². The Bertz CT molecular complexity index is 1940. The SMILES string of the molecule is CN1/C(=C/C2=C(C(=C=[N-])C#N)C(=C/c3oc(-c4ccc(-c5ccccc5)cc4)c[n+]3C)/C2=O)C(C)(C)c2ccccc21. The minimum Gasteiger partial charge on any atom is -0.762 e. The summed E-state index contributed by atoms with van der Waals surface area (Å²) in [5.74, 6) is 2.83. The Morgan fingerprint density at radius 2 is 1.60 bits per heavy atom. The maximum absolute atomic E-state index is 13.6. The van der Waals surface area contributed by atoms with Crippen LogP contribution in [0.2, 0.25) is 0 Å². The number of likely N-dealkylation sites (N-methyl/N-ethyl adjacent to an activating group) is 1. The molecule has 0 saturated heterocycles. The standard InChI is InChI=1S/C36H28N4O2/c1-36(2)29-12-8-9-13-30(29)40(4)32(36)18-27-34(26(20-37)21-38)28(35(27)41)19-33-39(3)22-31(42-33)25-16-14-24(15-17-25)23-10-6-5-7-11-23/h5-19,22H,1-4H3. The lowest BCUT2D eigenvalue weighted by molar-refractivity contribution is -0.676. The summed E-state index contributed by atoms with van der Waals surface area (Å²) >= 11 is 0. The number of para-hydroxylation sites is 1. The smallest absolute Gasteiger partial charge is 0.374 e. The molecule has 0 atom stereocenters. The summed E-state index contributed by atoms with van der Waals surface area (Å²) in [6, 6.07) is 28.3. The lowest BCUT2D eigenvalue weighted by Crippen LogP contribution is -2.30. The lowest BCUT2D eigenvalue weighted by atomic mass is 9.75. The van der Waals surface area contributed by atoms with E-state index in [1.165, 1.54) is 0 Å². The third kappa shape index (κ3) is 4.25. The topological polar surface area (TPSA) is 83.4 Å². The van der Waals surface area contributed by atoms with Crippen molar-refractivity contribution in [3.8, 4) is 28.5 Å². The second kappa shape index (κ2) is 10.2. The van der Waals surface area contributed by atoms with Crippen molar-refractivity contribution in [2.75, 3.05) is 11.9 Å². The summed E-state index contributed by atoms with van der Waals surface area (Å²) in [6.45, 7) is 4.22. The average molecular weight is 549 g/mol. The van der Waals surface area contributed by atoms with E-state index in [0.29, 0.717) is 22.8 Å². The third-order valence-corrected chi connectivity index (χ3v) is 8.14. The van der Waals surface area contributed by atoms with Gasteiger partial charge in [-0.25, -0.2) is 5.87 Å². The number of rotatable bonds is 5. The summed E-state index contributed by atoms with van der Waals surface area (Å²) in [5.41, 5.74) is 6.79. The number of aromatic nitrogens is 1. The highest BCUT2D eigenvalue weighted by Crippen LogP contribution is 2.48. The van der Waals surface area contributed by atoms with E-state index in [1.807, 2.05) is 99.0 Å². The van der Waals surface area contributed by atoms with Crippen LogP contribution >= 0.6 is 0 Å². The molecule has 2 heterocycles. The van der Waals surface area contributed by atoms with Gasteiger partial charge in [0.15, 0.2) is 5.78 Å². The number of ketones is 1. The first kappa shape index (κ1) is 26.7. The summed E-state index contributed by atoms with van der Waals surface area (Å²) < 4.78 is 7.96. The van der Waals surface area contributed by atoms with Crippen LogP contribution < -0.4 is 9.47 Å². The highest BCUT2D eigenvalue weighted by atomic mass is 16.4. The average Bonchev–Trinajstić information content (AvgIpc) is 3.48. The molecule has 0 bridgehead atoms.